The van der Waals surface area contributed by atoms with Crippen molar-refractivity contribution in [3.8, 4) is 5.75 Å². The summed E-state index contributed by atoms with van der Waals surface area (Å²) in [5.41, 5.74) is 0.283. The summed E-state index contributed by atoms with van der Waals surface area (Å²) in [7, 11) is -7.35. The third kappa shape index (κ3) is 7.07. The Morgan fingerprint density at radius 1 is 1.14 bits per heavy atom. The number of nitrogens with zero attached hydrogens (tertiary/aromatic N) is 2. The highest BCUT2D eigenvalue weighted by Gasteiger charge is 2.29. The molecule has 1 aliphatic heterocycles. The molecule has 35 heavy (non-hydrogen) atoms. The van der Waals surface area contributed by atoms with Crippen molar-refractivity contribution in [3.63, 3.8) is 0 Å². The van der Waals surface area contributed by atoms with Crippen LogP contribution in [0, 0.1) is 0 Å². The Kier molecular flexibility index (Phi) is 9.00. The van der Waals surface area contributed by atoms with Crippen molar-refractivity contribution in [2.45, 2.75) is 17.9 Å². The summed E-state index contributed by atoms with van der Waals surface area (Å²) in [6.45, 7) is 3.05. The molecule has 3 rings (SSSR count). The molecule has 0 bridgehead atoms. The zero-order chi connectivity index (χ0) is 25.6. The van der Waals surface area contributed by atoms with Gasteiger partial charge >= 0.3 is 0 Å². The fourth-order valence-electron chi connectivity index (χ4n) is 3.56. The third-order valence-corrected chi connectivity index (χ3v) is 8.64. The molecule has 192 valence electrons. The number of carbonyl (C=O) groups excluding carboxylic acids is 1. The van der Waals surface area contributed by atoms with E-state index in [9.17, 15) is 21.6 Å². The molecule has 0 aromatic heterocycles. The van der Waals surface area contributed by atoms with Gasteiger partial charge in [0, 0.05) is 18.1 Å². The van der Waals surface area contributed by atoms with Crippen molar-refractivity contribution in [2.75, 3.05) is 50.0 Å². The normalized spacial score (nSPS) is 15.9. The Hall–Kier alpha value is -2.38. The number of ether oxygens (including phenoxy) is 2. The van der Waals surface area contributed by atoms with Crippen LogP contribution in [0.4, 0.5) is 5.69 Å². The van der Waals surface area contributed by atoms with Crippen molar-refractivity contribution in [1.82, 2.24) is 9.62 Å². The summed E-state index contributed by atoms with van der Waals surface area (Å²) in [5, 5.41) is 3.00. The summed E-state index contributed by atoms with van der Waals surface area (Å²) >= 11 is 5.98. The molecule has 0 aliphatic carbocycles. The number of anilines is 1. The second kappa shape index (κ2) is 11.6. The molecule has 1 fully saturated rings. The maximum Gasteiger partial charge on any atom is 0.243 e. The van der Waals surface area contributed by atoms with E-state index < -0.39 is 32.0 Å². The molecule has 2 aromatic carbocycles. The second-order valence-corrected chi connectivity index (χ2v) is 12.1. The van der Waals surface area contributed by atoms with E-state index in [1.807, 2.05) is 0 Å². The summed E-state index contributed by atoms with van der Waals surface area (Å²) in [5.74, 6) is -0.0733. The zero-order valence-electron chi connectivity index (χ0n) is 19.4. The molecule has 13 heteroatoms. The summed E-state index contributed by atoms with van der Waals surface area (Å²) in [4.78, 5) is 12.8. The number of rotatable bonds is 10. The first kappa shape index (κ1) is 27.2. The van der Waals surface area contributed by atoms with Crippen LogP contribution in [-0.4, -0.2) is 78.8 Å². The molecule has 1 atom stereocenters. The van der Waals surface area contributed by atoms with Gasteiger partial charge in [-0.05, 0) is 49.4 Å². The van der Waals surface area contributed by atoms with E-state index in [2.05, 4.69) is 5.32 Å². The lowest BCUT2D eigenvalue weighted by molar-refractivity contribution is -0.121. The Morgan fingerprint density at radius 2 is 1.80 bits per heavy atom. The van der Waals surface area contributed by atoms with Crippen LogP contribution in [0.2, 0.25) is 5.02 Å². The van der Waals surface area contributed by atoms with Gasteiger partial charge in [-0.25, -0.2) is 16.8 Å². The maximum atomic E-state index is 12.7. The quantitative estimate of drug-likeness (QED) is 0.451. The van der Waals surface area contributed by atoms with E-state index in [1.165, 1.54) is 29.4 Å². The molecular weight excluding hydrogens is 518 g/mol. The first-order valence-corrected chi connectivity index (χ1v) is 14.5. The van der Waals surface area contributed by atoms with Gasteiger partial charge in [-0.3, -0.25) is 9.10 Å². The number of sulfonamides is 2. The minimum absolute atomic E-state index is 0.101. The average molecular weight is 546 g/mol. The molecule has 1 amide bonds. The largest absolute Gasteiger partial charge is 0.492 e. The number of hydrogen-bond acceptors (Lipinski definition) is 7. The smallest absolute Gasteiger partial charge is 0.243 e. The molecule has 1 N–H and O–H groups in total. The first-order valence-electron chi connectivity index (χ1n) is 10.8. The van der Waals surface area contributed by atoms with Crippen LogP contribution < -0.4 is 14.4 Å². The molecular formula is C22H28ClN3O7S2. The Balaban J connectivity index is 1.54. The number of benzene rings is 2. The molecule has 0 unspecified atom stereocenters. The SMILES string of the molecule is C[C@H](C(=O)NCCOc1ccc(S(=O)(=O)N2CCOCC2)cc1)N(c1cccc(Cl)c1)S(C)(=O)=O. The zero-order valence-corrected chi connectivity index (χ0v) is 21.8. The van der Waals surface area contributed by atoms with Crippen LogP contribution in [0.1, 0.15) is 6.92 Å². The highest BCUT2D eigenvalue weighted by atomic mass is 35.5. The molecule has 0 saturated carbocycles. The standard InChI is InChI=1S/C22H28ClN3O7S2/c1-17(26(34(2,28)29)19-5-3-4-18(23)16-19)22(27)24-10-13-33-20-6-8-21(9-7-20)35(30,31)25-11-14-32-15-12-25/h3-9,16-17H,10-15H2,1-2H3,(H,24,27)/t17-/m1/s1. The van der Waals surface area contributed by atoms with Gasteiger partial charge in [-0.1, -0.05) is 17.7 Å². The van der Waals surface area contributed by atoms with E-state index in [1.54, 1.807) is 30.3 Å². The van der Waals surface area contributed by atoms with Crippen LogP contribution in [0.5, 0.6) is 5.75 Å². The van der Waals surface area contributed by atoms with Crippen LogP contribution in [0.3, 0.4) is 0 Å². The van der Waals surface area contributed by atoms with Crippen LogP contribution >= 0.6 is 11.6 Å². The average Bonchev–Trinajstić information content (AvgIpc) is 2.82. The molecule has 1 heterocycles. The molecule has 0 spiro atoms. The molecule has 0 radical (unpaired) electrons. The molecule has 1 aliphatic rings. The topological polar surface area (TPSA) is 122 Å². The van der Waals surface area contributed by atoms with Crippen molar-refractivity contribution in [3.05, 3.63) is 53.6 Å². The van der Waals surface area contributed by atoms with E-state index in [-0.39, 0.29) is 23.7 Å². The highest BCUT2D eigenvalue weighted by molar-refractivity contribution is 7.92. The number of hydrogen-bond donors (Lipinski definition) is 1. The Morgan fingerprint density at radius 3 is 2.40 bits per heavy atom. The number of halogens is 1. The van der Waals surface area contributed by atoms with Crippen molar-refractivity contribution in [1.29, 1.82) is 0 Å². The summed E-state index contributed by atoms with van der Waals surface area (Å²) < 4.78 is 63.2. The van der Waals surface area contributed by atoms with E-state index >= 15 is 0 Å². The monoisotopic (exact) mass is 545 g/mol. The Labute approximate surface area is 210 Å². The molecule has 1 saturated heterocycles. The van der Waals surface area contributed by atoms with Gasteiger partial charge in [-0.15, -0.1) is 0 Å². The fourth-order valence-corrected chi connectivity index (χ4v) is 6.32. The first-order chi connectivity index (χ1) is 16.5. The van der Waals surface area contributed by atoms with Crippen molar-refractivity contribution >= 4 is 43.2 Å². The van der Waals surface area contributed by atoms with E-state index in [4.69, 9.17) is 21.1 Å². The number of morpholine rings is 1. The van der Waals surface area contributed by atoms with Gasteiger partial charge in [0.2, 0.25) is 26.0 Å². The minimum atomic E-state index is -3.75. The fraction of sp³-hybridized carbons (Fsp3) is 0.409. The lowest BCUT2D eigenvalue weighted by Crippen LogP contribution is -2.48. The minimum Gasteiger partial charge on any atom is -0.492 e. The lowest BCUT2D eigenvalue weighted by Gasteiger charge is -2.28. The summed E-state index contributed by atoms with van der Waals surface area (Å²) in [6.07, 6.45) is 1.02. The maximum absolute atomic E-state index is 12.7. The lowest BCUT2D eigenvalue weighted by atomic mass is 10.2. The van der Waals surface area contributed by atoms with Crippen LogP contribution in [0.25, 0.3) is 0 Å². The van der Waals surface area contributed by atoms with Crippen LogP contribution in [0.15, 0.2) is 53.4 Å². The predicted molar refractivity (Wildman–Crippen MR) is 133 cm³/mol. The van der Waals surface area contributed by atoms with Gasteiger partial charge in [0.15, 0.2) is 0 Å². The number of carbonyl (C=O) groups is 1. The van der Waals surface area contributed by atoms with E-state index in [0.29, 0.717) is 37.1 Å². The Bertz CT molecular complexity index is 1230. The second-order valence-electron chi connectivity index (χ2n) is 7.84. The van der Waals surface area contributed by atoms with Gasteiger partial charge in [-0.2, -0.15) is 4.31 Å². The molecule has 2 aromatic rings. The predicted octanol–water partition coefficient (Wildman–Crippen LogP) is 1.71. The molecule has 10 nitrogen and oxygen atoms in total. The van der Waals surface area contributed by atoms with Gasteiger partial charge < -0.3 is 14.8 Å². The van der Waals surface area contributed by atoms with Crippen molar-refractivity contribution < 1.29 is 31.1 Å². The van der Waals surface area contributed by atoms with Crippen molar-refractivity contribution in [2.24, 2.45) is 0 Å². The highest BCUT2D eigenvalue weighted by Crippen LogP contribution is 2.24. The summed E-state index contributed by atoms with van der Waals surface area (Å²) in [6, 6.07) is 11.2. The number of nitrogens with one attached hydrogen (secondary N) is 1. The van der Waals surface area contributed by atoms with Crippen LogP contribution in [-0.2, 0) is 29.6 Å². The number of amides is 1. The third-order valence-electron chi connectivity index (χ3n) is 5.25. The van der Waals surface area contributed by atoms with Gasteiger partial charge in [0.25, 0.3) is 0 Å². The van der Waals surface area contributed by atoms with Gasteiger partial charge in [0.1, 0.15) is 18.4 Å². The van der Waals surface area contributed by atoms with E-state index in [0.717, 1.165) is 10.6 Å². The van der Waals surface area contributed by atoms with Gasteiger partial charge in [0.05, 0.1) is 36.6 Å².